The lowest BCUT2D eigenvalue weighted by Crippen LogP contribution is -2.48. The first-order chi connectivity index (χ1) is 16.7. The fraction of sp³-hybridized carbons (Fsp3) is 0.357. The van der Waals surface area contributed by atoms with Crippen molar-refractivity contribution in [3.05, 3.63) is 83.6 Å². The van der Waals surface area contributed by atoms with Gasteiger partial charge < -0.3 is 19.7 Å². The molecule has 0 saturated carbocycles. The Balaban J connectivity index is 1.70. The van der Waals surface area contributed by atoms with E-state index in [4.69, 9.17) is 9.47 Å². The SMILES string of the molecule is COc1ccc([C@@H](O)[C@@H](COC(C)(C)C)N(CC2c3ccccc3-c3ccccc32)C(=O)O)cn1. The fourth-order valence-corrected chi connectivity index (χ4v) is 4.61. The van der Waals surface area contributed by atoms with E-state index >= 15 is 0 Å². The highest BCUT2D eigenvalue weighted by atomic mass is 16.5. The minimum atomic E-state index is -1.14. The number of hydrogen-bond donors (Lipinski definition) is 2. The molecule has 4 rings (SSSR count). The molecule has 35 heavy (non-hydrogen) atoms. The summed E-state index contributed by atoms with van der Waals surface area (Å²) in [5.74, 6) is 0.259. The summed E-state index contributed by atoms with van der Waals surface area (Å²) in [5.41, 5.74) is 4.37. The van der Waals surface area contributed by atoms with Crippen molar-refractivity contribution in [1.29, 1.82) is 0 Å². The quantitative estimate of drug-likeness (QED) is 0.470. The Bertz CT molecular complexity index is 1130. The van der Waals surface area contributed by atoms with Gasteiger partial charge in [0.15, 0.2) is 0 Å². The summed E-state index contributed by atoms with van der Waals surface area (Å²) in [4.78, 5) is 18.1. The average molecular weight is 477 g/mol. The molecule has 2 atom stereocenters. The Kier molecular flexibility index (Phi) is 7.10. The molecule has 0 bridgehead atoms. The summed E-state index contributed by atoms with van der Waals surface area (Å²) in [6, 6.07) is 18.7. The number of aromatic nitrogens is 1. The molecule has 0 aliphatic heterocycles. The minimum absolute atomic E-state index is 0.0268. The van der Waals surface area contributed by atoms with Crippen LogP contribution in [0.2, 0.25) is 0 Å². The molecule has 2 N–H and O–H groups in total. The molecule has 1 heterocycles. The maximum atomic E-state index is 12.6. The number of aliphatic hydroxyl groups excluding tert-OH is 1. The lowest BCUT2D eigenvalue weighted by atomic mass is 9.94. The van der Waals surface area contributed by atoms with Crippen molar-refractivity contribution in [2.24, 2.45) is 0 Å². The van der Waals surface area contributed by atoms with Crippen molar-refractivity contribution in [1.82, 2.24) is 9.88 Å². The molecule has 0 saturated heterocycles. The van der Waals surface area contributed by atoms with E-state index in [1.54, 1.807) is 12.1 Å². The van der Waals surface area contributed by atoms with Crippen molar-refractivity contribution in [2.45, 2.75) is 44.4 Å². The molecule has 3 aromatic rings. The highest BCUT2D eigenvalue weighted by Gasteiger charge is 2.37. The number of aliphatic hydroxyl groups is 1. The number of fused-ring (bicyclic) bond motifs is 3. The Morgan fingerprint density at radius 2 is 1.63 bits per heavy atom. The molecule has 2 aromatic carbocycles. The van der Waals surface area contributed by atoms with Gasteiger partial charge in [0.2, 0.25) is 5.88 Å². The molecule has 0 unspecified atom stereocenters. The van der Waals surface area contributed by atoms with Gasteiger partial charge in [0.1, 0.15) is 6.10 Å². The van der Waals surface area contributed by atoms with E-state index in [-0.39, 0.29) is 19.1 Å². The number of ether oxygens (including phenoxy) is 2. The van der Waals surface area contributed by atoms with E-state index in [0.29, 0.717) is 11.4 Å². The summed E-state index contributed by atoms with van der Waals surface area (Å²) in [7, 11) is 1.52. The van der Waals surface area contributed by atoms with Crippen LogP contribution >= 0.6 is 0 Å². The molecule has 1 amide bonds. The van der Waals surface area contributed by atoms with E-state index in [1.165, 1.54) is 18.2 Å². The van der Waals surface area contributed by atoms with Gasteiger partial charge in [0.25, 0.3) is 0 Å². The molecule has 0 radical (unpaired) electrons. The van der Waals surface area contributed by atoms with Crippen molar-refractivity contribution in [3.8, 4) is 17.0 Å². The number of nitrogens with zero attached hydrogens (tertiary/aromatic N) is 2. The first-order valence-electron chi connectivity index (χ1n) is 11.7. The van der Waals surface area contributed by atoms with Crippen LogP contribution in [-0.2, 0) is 4.74 Å². The maximum Gasteiger partial charge on any atom is 0.407 e. The highest BCUT2D eigenvalue weighted by Crippen LogP contribution is 2.45. The second-order valence-electron chi connectivity index (χ2n) is 9.73. The second-order valence-corrected chi connectivity index (χ2v) is 9.73. The van der Waals surface area contributed by atoms with Crippen LogP contribution < -0.4 is 4.74 Å². The van der Waals surface area contributed by atoms with Crippen LogP contribution in [0, 0.1) is 0 Å². The van der Waals surface area contributed by atoms with Crippen LogP contribution in [-0.4, -0.2) is 58.1 Å². The second kappa shape index (κ2) is 10.1. The largest absolute Gasteiger partial charge is 0.481 e. The Hall–Kier alpha value is -3.42. The fourth-order valence-electron chi connectivity index (χ4n) is 4.61. The van der Waals surface area contributed by atoms with Crippen molar-refractivity contribution < 1.29 is 24.5 Å². The topological polar surface area (TPSA) is 92.1 Å². The molecule has 0 fully saturated rings. The van der Waals surface area contributed by atoms with Gasteiger partial charge in [0, 0.05) is 30.3 Å². The Morgan fingerprint density at radius 1 is 1.03 bits per heavy atom. The number of hydrogen-bond acceptors (Lipinski definition) is 5. The van der Waals surface area contributed by atoms with Crippen LogP contribution in [0.1, 0.15) is 49.5 Å². The van der Waals surface area contributed by atoms with Crippen molar-refractivity contribution in [2.75, 3.05) is 20.3 Å². The summed E-state index contributed by atoms with van der Waals surface area (Å²) >= 11 is 0. The Labute approximate surface area is 206 Å². The molecule has 7 heteroatoms. The molecular formula is C28H32N2O5. The molecular weight excluding hydrogens is 444 g/mol. The van der Waals surface area contributed by atoms with Gasteiger partial charge >= 0.3 is 6.09 Å². The standard InChI is InChI=1S/C28H32N2O5/c1-28(2,3)35-17-24(26(31)18-13-14-25(34-4)29-15-18)30(27(32)33)16-23-21-11-7-5-9-19(21)20-10-6-8-12-22(20)23/h5-15,23-24,26,31H,16-17H2,1-4H3,(H,32,33)/t24-,26-/m1/s1. The minimum Gasteiger partial charge on any atom is -0.481 e. The number of pyridine rings is 1. The number of amides is 1. The zero-order valence-corrected chi connectivity index (χ0v) is 20.5. The third-order valence-corrected chi connectivity index (χ3v) is 6.35. The monoisotopic (exact) mass is 476 g/mol. The molecule has 1 aliphatic carbocycles. The average Bonchev–Trinajstić information content (AvgIpc) is 3.16. The summed E-state index contributed by atoms with van der Waals surface area (Å²) in [5, 5.41) is 21.7. The predicted octanol–water partition coefficient (Wildman–Crippen LogP) is 5.10. The van der Waals surface area contributed by atoms with Crippen molar-refractivity contribution in [3.63, 3.8) is 0 Å². The third kappa shape index (κ3) is 5.31. The van der Waals surface area contributed by atoms with E-state index in [1.807, 2.05) is 57.2 Å². The molecule has 1 aromatic heterocycles. The van der Waals surface area contributed by atoms with Crippen molar-refractivity contribution >= 4 is 6.09 Å². The normalized spacial score (nSPS) is 14.7. The molecule has 184 valence electrons. The summed E-state index contributed by atoms with van der Waals surface area (Å²) in [6.45, 7) is 5.92. The van der Waals surface area contributed by atoms with E-state index < -0.39 is 23.8 Å². The van der Waals surface area contributed by atoms with E-state index in [2.05, 4.69) is 17.1 Å². The summed E-state index contributed by atoms with van der Waals surface area (Å²) in [6.07, 6.45) is -0.748. The van der Waals surface area contributed by atoms with Crippen LogP contribution in [0.15, 0.2) is 66.9 Å². The van der Waals surface area contributed by atoms with Gasteiger partial charge in [-0.15, -0.1) is 0 Å². The molecule has 7 nitrogen and oxygen atoms in total. The van der Waals surface area contributed by atoms with Gasteiger partial charge in [-0.3, -0.25) is 4.90 Å². The zero-order valence-electron chi connectivity index (χ0n) is 20.5. The number of carbonyl (C=O) groups is 1. The smallest absolute Gasteiger partial charge is 0.407 e. The summed E-state index contributed by atoms with van der Waals surface area (Å²) < 4.78 is 11.1. The third-order valence-electron chi connectivity index (χ3n) is 6.35. The first kappa shape index (κ1) is 24.7. The maximum absolute atomic E-state index is 12.6. The van der Waals surface area contributed by atoms with Gasteiger partial charge in [-0.05, 0) is 49.1 Å². The highest BCUT2D eigenvalue weighted by molar-refractivity contribution is 5.79. The van der Waals surface area contributed by atoms with Crippen LogP contribution in [0.4, 0.5) is 4.79 Å². The van der Waals surface area contributed by atoms with E-state index in [0.717, 1.165) is 22.3 Å². The lowest BCUT2D eigenvalue weighted by molar-refractivity contribution is -0.0619. The van der Waals surface area contributed by atoms with Gasteiger partial charge in [-0.1, -0.05) is 48.5 Å². The van der Waals surface area contributed by atoms with E-state index in [9.17, 15) is 15.0 Å². The number of benzene rings is 2. The zero-order chi connectivity index (χ0) is 25.2. The van der Waals surface area contributed by atoms with Gasteiger partial charge in [0.05, 0.1) is 25.4 Å². The number of rotatable bonds is 8. The first-order valence-corrected chi connectivity index (χ1v) is 11.7. The lowest BCUT2D eigenvalue weighted by Gasteiger charge is -2.36. The number of methoxy groups -OCH3 is 1. The van der Waals surface area contributed by atoms with Gasteiger partial charge in [-0.25, -0.2) is 9.78 Å². The molecule has 0 spiro atoms. The van der Waals surface area contributed by atoms with Crippen LogP contribution in [0.5, 0.6) is 5.88 Å². The van der Waals surface area contributed by atoms with Crippen LogP contribution in [0.25, 0.3) is 11.1 Å². The number of carboxylic acid groups (broad SMARTS) is 1. The van der Waals surface area contributed by atoms with Gasteiger partial charge in [-0.2, -0.15) is 0 Å². The Morgan fingerprint density at radius 3 is 2.11 bits per heavy atom. The predicted molar refractivity (Wildman–Crippen MR) is 134 cm³/mol. The molecule has 1 aliphatic rings. The van der Waals surface area contributed by atoms with Crippen LogP contribution in [0.3, 0.4) is 0 Å².